The lowest BCUT2D eigenvalue weighted by Gasteiger charge is -2.05. The Balaban J connectivity index is 1.64. The largest absolute Gasteiger partial charge is 0.427 e. The Bertz CT molecular complexity index is 940. The van der Waals surface area contributed by atoms with E-state index in [0.717, 1.165) is 34.4 Å². The molecule has 0 saturated carbocycles. The van der Waals surface area contributed by atoms with Crippen LogP contribution in [0.1, 0.15) is 18.1 Å². The number of aliphatic imine (C=N–C) groups is 1. The van der Waals surface area contributed by atoms with Crippen LogP contribution in [0.15, 0.2) is 53.5 Å². The molecule has 0 atom stereocenters. The summed E-state index contributed by atoms with van der Waals surface area (Å²) in [5.74, 6) is 0.119. The first kappa shape index (κ1) is 14.4. The minimum Gasteiger partial charge on any atom is -0.427 e. The second-order valence-electron chi connectivity index (χ2n) is 5.64. The summed E-state index contributed by atoms with van der Waals surface area (Å²) >= 11 is 0. The maximum absolute atomic E-state index is 11.1. The van der Waals surface area contributed by atoms with E-state index in [1.165, 1.54) is 13.0 Å². The van der Waals surface area contributed by atoms with E-state index in [2.05, 4.69) is 4.99 Å². The number of ether oxygens (including phenoxy) is 2. The molecular formula is C19H13NO4. The van der Waals surface area contributed by atoms with Gasteiger partial charge in [0.2, 0.25) is 5.90 Å². The fraction of sp³-hybridized carbons (Fsp3) is 0.105. The van der Waals surface area contributed by atoms with Crippen molar-refractivity contribution in [1.29, 1.82) is 0 Å². The number of cyclic esters (lactones) is 1. The molecule has 0 aromatic heterocycles. The summed E-state index contributed by atoms with van der Waals surface area (Å²) < 4.78 is 10.1. The molecule has 0 N–H and O–H groups in total. The van der Waals surface area contributed by atoms with Crippen molar-refractivity contribution in [2.45, 2.75) is 13.3 Å². The van der Waals surface area contributed by atoms with Crippen molar-refractivity contribution < 1.29 is 19.1 Å². The Hall–Kier alpha value is -3.21. The van der Waals surface area contributed by atoms with Gasteiger partial charge in [-0.3, -0.25) is 4.79 Å². The molecule has 2 aromatic carbocycles. The van der Waals surface area contributed by atoms with Gasteiger partial charge in [-0.1, -0.05) is 12.1 Å². The molecule has 1 heterocycles. The molecule has 5 heteroatoms. The van der Waals surface area contributed by atoms with E-state index >= 15 is 0 Å². The number of carbonyl (C=O) groups excluding carboxylic acids is 2. The number of carbonyl (C=O) groups is 2. The smallest absolute Gasteiger partial charge is 0.337 e. The van der Waals surface area contributed by atoms with Crippen molar-refractivity contribution in [3.63, 3.8) is 0 Å². The lowest BCUT2D eigenvalue weighted by molar-refractivity contribution is -0.132. The van der Waals surface area contributed by atoms with E-state index in [0.29, 0.717) is 11.6 Å². The summed E-state index contributed by atoms with van der Waals surface area (Å²) in [6, 6.07) is 11.5. The molecule has 1 aliphatic carbocycles. The van der Waals surface area contributed by atoms with Crippen LogP contribution >= 0.6 is 0 Å². The summed E-state index contributed by atoms with van der Waals surface area (Å²) in [5, 5.41) is 0. The molecule has 118 valence electrons. The van der Waals surface area contributed by atoms with Crippen LogP contribution in [-0.4, -0.2) is 17.8 Å². The number of esters is 2. The Labute approximate surface area is 138 Å². The number of fused-ring (bicyclic) bond motifs is 3. The predicted octanol–water partition coefficient (Wildman–Crippen LogP) is 3.33. The summed E-state index contributed by atoms with van der Waals surface area (Å²) in [7, 11) is 0. The monoisotopic (exact) mass is 319 g/mol. The third-order valence-electron chi connectivity index (χ3n) is 3.90. The van der Waals surface area contributed by atoms with Crippen molar-refractivity contribution in [2.24, 2.45) is 4.99 Å². The Kier molecular flexibility index (Phi) is 3.27. The van der Waals surface area contributed by atoms with Gasteiger partial charge in [0.05, 0.1) is 5.69 Å². The lowest BCUT2D eigenvalue weighted by Crippen LogP contribution is -2.01. The average Bonchev–Trinajstić information content (AvgIpc) is 3.09. The van der Waals surface area contributed by atoms with Crippen molar-refractivity contribution in [3.05, 3.63) is 59.7 Å². The molecule has 0 radical (unpaired) electrons. The molecule has 0 unspecified atom stereocenters. The molecule has 5 nitrogen and oxygen atoms in total. The zero-order chi connectivity index (χ0) is 16.7. The van der Waals surface area contributed by atoms with Gasteiger partial charge >= 0.3 is 11.9 Å². The fourth-order valence-electron chi connectivity index (χ4n) is 2.97. The van der Waals surface area contributed by atoms with Crippen LogP contribution in [-0.2, 0) is 20.7 Å². The Morgan fingerprint density at radius 2 is 1.83 bits per heavy atom. The van der Waals surface area contributed by atoms with Crippen molar-refractivity contribution in [2.75, 3.05) is 0 Å². The molecular weight excluding hydrogens is 306 g/mol. The number of hydrogen-bond donors (Lipinski definition) is 0. The zero-order valence-corrected chi connectivity index (χ0v) is 12.9. The molecule has 2 aliphatic rings. The van der Waals surface area contributed by atoms with Crippen LogP contribution in [0.25, 0.3) is 11.1 Å². The van der Waals surface area contributed by atoms with Crippen LogP contribution in [0.2, 0.25) is 0 Å². The maximum Gasteiger partial charge on any atom is 0.337 e. The highest BCUT2D eigenvalue weighted by Gasteiger charge is 2.20. The van der Waals surface area contributed by atoms with Gasteiger partial charge in [0.1, 0.15) is 5.75 Å². The first-order valence-electron chi connectivity index (χ1n) is 7.52. The minimum absolute atomic E-state index is 0.299. The van der Waals surface area contributed by atoms with Crippen molar-refractivity contribution >= 4 is 23.5 Å². The molecule has 0 fully saturated rings. The second-order valence-corrected chi connectivity index (χ2v) is 5.64. The minimum atomic E-state index is -0.402. The highest BCUT2D eigenvalue weighted by molar-refractivity contribution is 6.08. The van der Waals surface area contributed by atoms with Crippen LogP contribution in [0.4, 0.5) is 5.69 Å². The van der Waals surface area contributed by atoms with Gasteiger partial charge < -0.3 is 9.47 Å². The molecule has 0 spiro atoms. The third-order valence-corrected chi connectivity index (χ3v) is 3.90. The van der Waals surface area contributed by atoms with E-state index in [9.17, 15) is 9.59 Å². The van der Waals surface area contributed by atoms with Gasteiger partial charge in [0, 0.05) is 19.1 Å². The number of benzene rings is 2. The van der Waals surface area contributed by atoms with Crippen LogP contribution in [0.3, 0.4) is 0 Å². The molecule has 4 rings (SSSR count). The average molecular weight is 319 g/mol. The van der Waals surface area contributed by atoms with E-state index in [1.54, 1.807) is 12.1 Å². The highest BCUT2D eigenvalue weighted by Crippen LogP contribution is 2.40. The summed E-state index contributed by atoms with van der Waals surface area (Å²) in [4.78, 5) is 26.5. The number of rotatable bonds is 2. The topological polar surface area (TPSA) is 65.0 Å². The number of nitrogens with zero attached hydrogens (tertiary/aromatic N) is 1. The van der Waals surface area contributed by atoms with E-state index in [1.807, 2.05) is 30.3 Å². The van der Waals surface area contributed by atoms with Gasteiger partial charge in [0.15, 0.2) is 0 Å². The van der Waals surface area contributed by atoms with E-state index in [-0.39, 0.29) is 5.97 Å². The Morgan fingerprint density at radius 1 is 1.08 bits per heavy atom. The maximum atomic E-state index is 11.1. The number of hydrogen-bond acceptors (Lipinski definition) is 5. The van der Waals surface area contributed by atoms with Crippen LogP contribution in [0, 0.1) is 0 Å². The molecule has 0 saturated heterocycles. The van der Waals surface area contributed by atoms with Gasteiger partial charge in [-0.2, -0.15) is 0 Å². The first-order valence-corrected chi connectivity index (χ1v) is 7.52. The second kappa shape index (κ2) is 5.45. The third kappa shape index (κ3) is 2.60. The molecule has 0 bridgehead atoms. The zero-order valence-electron chi connectivity index (χ0n) is 12.9. The van der Waals surface area contributed by atoms with Gasteiger partial charge in [0.25, 0.3) is 0 Å². The molecule has 1 aliphatic heterocycles. The quantitative estimate of drug-likeness (QED) is 0.537. The highest BCUT2D eigenvalue weighted by atomic mass is 16.5. The lowest BCUT2D eigenvalue weighted by atomic mass is 10.1. The molecule has 2 aromatic rings. The SMILES string of the molecule is CC(=O)Oc1ccc2c(c1)Cc1cc(N=C3C=CC(=O)O3)ccc1-2. The normalized spacial score (nSPS) is 16.0. The summed E-state index contributed by atoms with van der Waals surface area (Å²) in [6.45, 7) is 1.39. The molecule has 24 heavy (non-hydrogen) atoms. The summed E-state index contributed by atoms with van der Waals surface area (Å²) in [5.41, 5.74) is 5.26. The van der Waals surface area contributed by atoms with Gasteiger partial charge in [-0.05, 0) is 52.9 Å². The summed E-state index contributed by atoms with van der Waals surface area (Å²) in [6.07, 6.45) is 3.64. The van der Waals surface area contributed by atoms with Crippen LogP contribution < -0.4 is 4.74 Å². The standard InChI is InChI=1S/C19H13NO4/c1-11(21)23-15-3-5-17-13(10-15)8-12-9-14(2-4-16(12)17)20-18-6-7-19(22)24-18/h2-7,9-10H,8H2,1H3. The van der Waals surface area contributed by atoms with E-state index in [4.69, 9.17) is 9.47 Å². The first-order chi connectivity index (χ1) is 11.6. The van der Waals surface area contributed by atoms with Gasteiger partial charge in [-0.25, -0.2) is 9.79 Å². The van der Waals surface area contributed by atoms with E-state index < -0.39 is 5.97 Å². The van der Waals surface area contributed by atoms with Crippen molar-refractivity contribution in [3.8, 4) is 16.9 Å². The fourth-order valence-corrected chi connectivity index (χ4v) is 2.97. The van der Waals surface area contributed by atoms with Gasteiger partial charge in [-0.15, -0.1) is 0 Å². The predicted molar refractivity (Wildman–Crippen MR) is 88.3 cm³/mol. The Morgan fingerprint density at radius 3 is 2.54 bits per heavy atom. The molecule has 0 amide bonds. The van der Waals surface area contributed by atoms with Crippen LogP contribution in [0.5, 0.6) is 5.75 Å². The van der Waals surface area contributed by atoms with Crippen molar-refractivity contribution in [1.82, 2.24) is 0 Å².